The van der Waals surface area contributed by atoms with Gasteiger partial charge >= 0.3 is 0 Å². The minimum Gasteiger partial charge on any atom is -0.379 e. The van der Waals surface area contributed by atoms with E-state index < -0.39 is 0 Å². The first-order chi connectivity index (χ1) is 5.22. The third-order valence-corrected chi connectivity index (χ3v) is 1.59. The fourth-order valence-electron chi connectivity index (χ4n) is 0.685. The molecule has 0 aliphatic heterocycles. The third-order valence-electron chi connectivity index (χ3n) is 1.48. The van der Waals surface area contributed by atoms with E-state index in [1.54, 1.807) is 0 Å². The summed E-state index contributed by atoms with van der Waals surface area (Å²) >= 11 is 4.53. The Balaban J connectivity index is 3.79. The molecule has 0 amide bonds. The standard InChI is InChI=1S/C8H15NOS/c1-4-10-5-8(7(2)3)9-6-11/h7-8H,4-5H2,1-3H3. The lowest BCUT2D eigenvalue weighted by Crippen LogP contribution is -2.19. The Bertz CT molecular complexity index is 141. The van der Waals surface area contributed by atoms with Crippen LogP contribution in [-0.4, -0.2) is 24.4 Å². The predicted octanol–water partition coefficient (Wildman–Crippen LogP) is 2.15. The van der Waals surface area contributed by atoms with Crippen molar-refractivity contribution in [2.24, 2.45) is 10.9 Å². The van der Waals surface area contributed by atoms with E-state index in [1.165, 1.54) is 0 Å². The van der Waals surface area contributed by atoms with Gasteiger partial charge in [-0.1, -0.05) is 13.8 Å². The van der Waals surface area contributed by atoms with Crippen molar-refractivity contribution in [2.75, 3.05) is 13.2 Å². The van der Waals surface area contributed by atoms with E-state index in [-0.39, 0.29) is 6.04 Å². The van der Waals surface area contributed by atoms with E-state index in [0.29, 0.717) is 12.5 Å². The van der Waals surface area contributed by atoms with Gasteiger partial charge in [0, 0.05) is 6.61 Å². The summed E-state index contributed by atoms with van der Waals surface area (Å²) < 4.78 is 5.23. The van der Waals surface area contributed by atoms with Crippen LogP contribution in [0.4, 0.5) is 0 Å². The zero-order chi connectivity index (χ0) is 8.69. The largest absolute Gasteiger partial charge is 0.379 e. The van der Waals surface area contributed by atoms with Crippen molar-refractivity contribution in [3.8, 4) is 0 Å². The summed E-state index contributed by atoms with van der Waals surface area (Å²) in [5, 5.41) is 2.39. The molecule has 0 aromatic heterocycles. The molecule has 3 heteroatoms. The Hall–Kier alpha value is -0.240. The first kappa shape index (κ1) is 10.8. The fourth-order valence-corrected chi connectivity index (χ4v) is 0.820. The Labute approximate surface area is 73.7 Å². The number of hydrogen-bond acceptors (Lipinski definition) is 3. The molecule has 2 nitrogen and oxygen atoms in total. The van der Waals surface area contributed by atoms with Gasteiger partial charge in [0.05, 0.1) is 17.8 Å². The molecule has 64 valence electrons. The van der Waals surface area contributed by atoms with E-state index in [2.05, 4.69) is 36.2 Å². The average molecular weight is 173 g/mol. The highest BCUT2D eigenvalue weighted by atomic mass is 32.1. The van der Waals surface area contributed by atoms with E-state index in [9.17, 15) is 0 Å². The molecule has 0 fully saturated rings. The van der Waals surface area contributed by atoms with Crippen LogP contribution in [-0.2, 0) is 4.74 Å². The number of hydrogen-bond donors (Lipinski definition) is 0. The summed E-state index contributed by atoms with van der Waals surface area (Å²) in [5.74, 6) is 0.469. The van der Waals surface area contributed by atoms with Crippen LogP contribution < -0.4 is 0 Å². The summed E-state index contributed by atoms with van der Waals surface area (Å²) in [4.78, 5) is 4.00. The molecular weight excluding hydrogens is 158 g/mol. The first-order valence-electron chi connectivity index (χ1n) is 3.87. The highest BCUT2D eigenvalue weighted by molar-refractivity contribution is 7.78. The molecule has 0 spiro atoms. The molecule has 0 aromatic rings. The summed E-state index contributed by atoms with van der Waals surface area (Å²) in [6.07, 6.45) is 0. The Morgan fingerprint density at radius 2 is 2.18 bits per heavy atom. The van der Waals surface area contributed by atoms with Crippen LogP contribution in [0.15, 0.2) is 4.99 Å². The first-order valence-corrected chi connectivity index (χ1v) is 4.27. The molecule has 1 unspecified atom stereocenters. The van der Waals surface area contributed by atoms with Gasteiger partial charge in [0.1, 0.15) is 0 Å². The van der Waals surface area contributed by atoms with Gasteiger partial charge in [0.15, 0.2) is 0 Å². The monoisotopic (exact) mass is 173 g/mol. The van der Waals surface area contributed by atoms with Crippen LogP contribution in [0.1, 0.15) is 20.8 Å². The number of aliphatic imine (C=N–C) groups is 1. The van der Waals surface area contributed by atoms with Crippen LogP contribution in [0.2, 0.25) is 0 Å². The van der Waals surface area contributed by atoms with Crippen molar-refractivity contribution in [1.82, 2.24) is 0 Å². The fraction of sp³-hybridized carbons (Fsp3) is 0.875. The molecule has 1 atom stereocenters. The van der Waals surface area contributed by atoms with Crippen molar-refractivity contribution in [2.45, 2.75) is 26.8 Å². The van der Waals surface area contributed by atoms with E-state index in [4.69, 9.17) is 4.74 Å². The maximum atomic E-state index is 5.23. The van der Waals surface area contributed by atoms with Gasteiger partial charge in [-0.2, -0.15) is 0 Å². The van der Waals surface area contributed by atoms with Crippen LogP contribution in [0, 0.1) is 5.92 Å². The minimum atomic E-state index is 0.174. The van der Waals surface area contributed by atoms with Gasteiger partial charge in [-0.25, -0.2) is 4.99 Å². The number of nitrogens with zero attached hydrogens (tertiary/aromatic N) is 1. The van der Waals surface area contributed by atoms with E-state index in [1.807, 2.05) is 6.92 Å². The van der Waals surface area contributed by atoms with Crippen molar-refractivity contribution in [1.29, 1.82) is 0 Å². The molecule has 0 saturated carbocycles. The lowest BCUT2D eigenvalue weighted by molar-refractivity contribution is 0.122. The third kappa shape index (κ3) is 5.08. The van der Waals surface area contributed by atoms with Crippen molar-refractivity contribution >= 4 is 17.4 Å². The number of isothiocyanates is 1. The molecule has 0 aromatic carbocycles. The lowest BCUT2D eigenvalue weighted by atomic mass is 10.1. The normalized spacial score (nSPS) is 12.7. The number of thiocarbonyl (C=S) groups is 1. The van der Waals surface area contributed by atoms with Crippen molar-refractivity contribution < 1.29 is 4.74 Å². The second-order valence-electron chi connectivity index (χ2n) is 2.69. The SMILES string of the molecule is CCOCC(N=C=S)C(C)C. The summed E-state index contributed by atoms with van der Waals surface area (Å²) in [7, 11) is 0. The molecule has 0 heterocycles. The zero-order valence-electron chi connectivity index (χ0n) is 7.33. The predicted molar refractivity (Wildman–Crippen MR) is 50.1 cm³/mol. The van der Waals surface area contributed by atoms with Crippen molar-refractivity contribution in [3.05, 3.63) is 0 Å². The van der Waals surface area contributed by atoms with Crippen LogP contribution >= 0.6 is 12.2 Å². The highest BCUT2D eigenvalue weighted by Gasteiger charge is 2.10. The second kappa shape index (κ2) is 6.47. The van der Waals surface area contributed by atoms with Crippen LogP contribution in [0.25, 0.3) is 0 Å². The van der Waals surface area contributed by atoms with E-state index >= 15 is 0 Å². The Morgan fingerprint density at radius 1 is 1.55 bits per heavy atom. The lowest BCUT2D eigenvalue weighted by Gasteiger charge is -2.13. The summed E-state index contributed by atoms with van der Waals surface area (Å²) in [6, 6.07) is 0.174. The van der Waals surface area contributed by atoms with Crippen LogP contribution in [0.5, 0.6) is 0 Å². The van der Waals surface area contributed by atoms with E-state index in [0.717, 1.165) is 6.61 Å². The maximum absolute atomic E-state index is 5.23. The summed E-state index contributed by atoms with van der Waals surface area (Å²) in [5.41, 5.74) is 0. The second-order valence-corrected chi connectivity index (χ2v) is 2.87. The minimum absolute atomic E-state index is 0.174. The van der Waals surface area contributed by atoms with Gasteiger partial charge in [-0.3, -0.25) is 0 Å². The highest BCUT2D eigenvalue weighted by Crippen LogP contribution is 2.05. The van der Waals surface area contributed by atoms with Gasteiger partial charge in [0.2, 0.25) is 0 Å². The number of ether oxygens (including phenoxy) is 1. The maximum Gasteiger partial charge on any atom is 0.0858 e. The van der Waals surface area contributed by atoms with Gasteiger partial charge < -0.3 is 4.74 Å². The smallest absolute Gasteiger partial charge is 0.0858 e. The molecule has 0 radical (unpaired) electrons. The Kier molecular flexibility index (Phi) is 6.33. The quantitative estimate of drug-likeness (QED) is 0.469. The van der Waals surface area contributed by atoms with Gasteiger partial charge in [0.25, 0.3) is 0 Å². The van der Waals surface area contributed by atoms with Crippen molar-refractivity contribution in [3.63, 3.8) is 0 Å². The molecule has 0 rings (SSSR count). The molecule has 0 bridgehead atoms. The topological polar surface area (TPSA) is 21.6 Å². The van der Waals surface area contributed by atoms with Crippen LogP contribution in [0.3, 0.4) is 0 Å². The molecule has 0 saturated heterocycles. The van der Waals surface area contributed by atoms with Gasteiger partial charge in [-0.15, -0.1) is 0 Å². The van der Waals surface area contributed by atoms with Gasteiger partial charge in [-0.05, 0) is 25.1 Å². The molecule has 11 heavy (non-hydrogen) atoms. The molecule has 0 aliphatic rings. The zero-order valence-corrected chi connectivity index (χ0v) is 8.15. The number of rotatable bonds is 5. The molecule has 0 aliphatic carbocycles. The molecule has 0 N–H and O–H groups in total. The molecular formula is C8H15NOS. The Morgan fingerprint density at radius 3 is 2.55 bits per heavy atom. The summed E-state index contributed by atoms with van der Waals surface area (Å²) in [6.45, 7) is 7.55. The average Bonchev–Trinajstić information content (AvgIpc) is 1.97.